The molecule has 0 radical (unpaired) electrons. The number of nitrogens with zero attached hydrogens (tertiary/aromatic N) is 1. The molecule has 2 N–H and O–H groups in total. The summed E-state index contributed by atoms with van der Waals surface area (Å²) >= 11 is 0. The number of benzene rings is 1. The zero-order valence-electron chi connectivity index (χ0n) is 12.6. The molecule has 5 heteroatoms. The molecule has 0 bridgehead atoms. The number of nitrogens with one attached hydrogen (secondary N) is 2. The molecule has 0 aliphatic carbocycles. The number of carbonyl (C=O) groups excluding carboxylic acids is 1. The van der Waals surface area contributed by atoms with Crippen molar-refractivity contribution >= 4 is 11.6 Å². The van der Waals surface area contributed by atoms with Crippen molar-refractivity contribution in [2.45, 2.75) is 6.92 Å². The SMILES string of the molecule is CCNc1ccccc1C(=O)NCCOCCN(C)C. The van der Waals surface area contributed by atoms with E-state index in [1.807, 2.05) is 45.3 Å². The summed E-state index contributed by atoms with van der Waals surface area (Å²) in [4.78, 5) is 14.1. The molecule has 0 aliphatic heterocycles. The molecule has 1 rings (SSSR count). The Labute approximate surface area is 121 Å². The Morgan fingerprint density at radius 3 is 2.70 bits per heavy atom. The number of hydrogen-bond acceptors (Lipinski definition) is 4. The van der Waals surface area contributed by atoms with Crippen molar-refractivity contribution in [3.8, 4) is 0 Å². The topological polar surface area (TPSA) is 53.6 Å². The number of hydrogen-bond donors (Lipinski definition) is 2. The predicted octanol–water partition coefficient (Wildman–Crippen LogP) is 1.43. The van der Waals surface area contributed by atoms with Gasteiger partial charge in [0.15, 0.2) is 0 Å². The van der Waals surface area contributed by atoms with E-state index in [9.17, 15) is 4.79 Å². The van der Waals surface area contributed by atoms with Gasteiger partial charge in [0.05, 0.1) is 18.8 Å². The molecule has 1 aromatic rings. The number of ether oxygens (including phenoxy) is 1. The number of anilines is 1. The van der Waals surface area contributed by atoms with Crippen LogP contribution in [0.25, 0.3) is 0 Å². The highest BCUT2D eigenvalue weighted by molar-refractivity contribution is 5.99. The number of carbonyl (C=O) groups is 1. The quantitative estimate of drug-likeness (QED) is 0.671. The second-order valence-corrected chi connectivity index (χ2v) is 4.75. The first-order chi connectivity index (χ1) is 9.65. The van der Waals surface area contributed by atoms with Crippen LogP contribution in [-0.2, 0) is 4.74 Å². The largest absolute Gasteiger partial charge is 0.385 e. The fraction of sp³-hybridized carbons (Fsp3) is 0.533. The van der Waals surface area contributed by atoms with E-state index in [0.717, 1.165) is 18.8 Å². The third kappa shape index (κ3) is 6.04. The summed E-state index contributed by atoms with van der Waals surface area (Å²) in [5.41, 5.74) is 1.53. The number of para-hydroxylation sites is 1. The van der Waals surface area contributed by atoms with Crippen molar-refractivity contribution in [1.29, 1.82) is 0 Å². The van der Waals surface area contributed by atoms with Crippen LogP contribution in [0.5, 0.6) is 0 Å². The molecular formula is C15H25N3O2. The van der Waals surface area contributed by atoms with Crippen LogP contribution in [0.3, 0.4) is 0 Å². The highest BCUT2D eigenvalue weighted by atomic mass is 16.5. The lowest BCUT2D eigenvalue weighted by molar-refractivity contribution is 0.0901. The fourth-order valence-electron chi connectivity index (χ4n) is 1.71. The summed E-state index contributed by atoms with van der Waals surface area (Å²) in [7, 11) is 4.01. The Morgan fingerprint density at radius 2 is 2.00 bits per heavy atom. The number of amides is 1. The average molecular weight is 279 g/mol. The zero-order valence-corrected chi connectivity index (χ0v) is 12.6. The molecule has 0 fully saturated rings. The maximum atomic E-state index is 12.1. The minimum absolute atomic E-state index is 0.0715. The van der Waals surface area contributed by atoms with Crippen molar-refractivity contribution in [3.63, 3.8) is 0 Å². The maximum Gasteiger partial charge on any atom is 0.253 e. The van der Waals surface area contributed by atoms with Gasteiger partial charge in [-0.2, -0.15) is 0 Å². The van der Waals surface area contributed by atoms with Gasteiger partial charge in [0.25, 0.3) is 5.91 Å². The number of rotatable bonds is 9. The van der Waals surface area contributed by atoms with Crippen molar-refractivity contribution in [1.82, 2.24) is 10.2 Å². The molecule has 1 amide bonds. The van der Waals surface area contributed by atoms with Crippen LogP contribution in [0, 0.1) is 0 Å². The third-order valence-corrected chi connectivity index (χ3v) is 2.75. The van der Waals surface area contributed by atoms with E-state index in [0.29, 0.717) is 25.3 Å². The van der Waals surface area contributed by atoms with Crippen molar-refractivity contribution in [2.75, 3.05) is 52.3 Å². The molecule has 20 heavy (non-hydrogen) atoms. The zero-order chi connectivity index (χ0) is 14.8. The first kappa shape index (κ1) is 16.5. The van der Waals surface area contributed by atoms with Gasteiger partial charge in [0.2, 0.25) is 0 Å². The molecule has 112 valence electrons. The van der Waals surface area contributed by atoms with Gasteiger partial charge in [-0.1, -0.05) is 12.1 Å². The van der Waals surface area contributed by atoms with Crippen LogP contribution in [-0.4, -0.2) is 57.8 Å². The van der Waals surface area contributed by atoms with Crippen LogP contribution in [0.2, 0.25) is 0 Å². The lowest BCUT2D eigenvalue weighted by atomic mass is 10.1. The molecule has 1 aromatic carbocycles. The van der Waals surface area contributed by atoms with Gasteiger partial charge in [-0.05, 0) is 33.2 Å². The summed E-state index contributed by atoms with van der Waals surface area (Å²) in [5.74, 6) is -0.0715. The van der Waals surface area contributed by atoms with E-state index in [-0.39, 0.29) is 5.91 Å². The maximum absolute atomic E-state index is 12.1. The Bertz CT molecular complexity index is 408. The summed E-state index contributed by atoms with van der Waals surface area (Å²) < 4.78 is 5.44. The van der Waals surface area contributed by atoms with E-state index in [1.165, 1.54) is 0 Å². The van der Waals surface area contributed by atoms with Crippen molar-refractivity contribution in [2.24, 2.45) is 0 Å². The summed E-state index contributed by atoms with van der Waals surface area (Å²) in [6.45, 7) is 5.41. The van der Waals surface area contributed by atoms with Crippen molar-refractivity contribution < 1.29 is 9.53 Å². The van der Waals surface area contributed by atoms with Gasteiger partial charge in [-0.15, -0.1) is 0 Å². The van der Waals surface area contributed by atoms with E-state index >= 15 is 0 Å². The third-order valence-electron chi connectivity index (χ3n) is 2.75. The molecule has 5 nitrogen and oxygen atoms in total. The Hall–Kier alpha value is -1.59. The van der Waals surface area contributed by atoms with Crippen molar-refractivity contribution in [3.05, 3.63) is 29.8 Å². The molecule has 0 aromatic heterocycles. The smallest absolute Gasteiger partial charge is 0.253 e. The van der Waals surface area contributed by atoms with Crippen LogP contribution >= 0.6 is 0 Å². The van der Waals surface area contributed by atoms with E-state index in [1.54, 1.807) is 0 Å². The van der Waals surface area contributed by atoms with Crippen LogP contribution in [0.4, 0.5) is 5.69 Å². The highest BCUT2D eigenvalue weighted by Gasteiger charge is 2.09. The van der Waals surface area contributed by atoms with Crippen LogP contribution in [0.1, 0.15) is 17.3 Å². The standard InChI is InChI=1S/C15H25N3O2/c1-4-16-14-8-6-5-7-13(14)15(19)17-9-11-20-12-10-18(2)3/h5-8,16H,4,9-12H2,1-3H3,(H,17,19). The van der Waals surface area contributed by atoms with E-state index < -0.39 is 0 Å². The molecule has 0 heterocycles. The van der Waals surface area contributed by atoms with E-state index in [2.05, 4.69) is 15.5 Å². The number of likely N-dealkylation sites (N-methyl/N-ethyl adjacent to an activating group) is 1. The first-order valence-electron chi connectivity index (χ1n) is 6.98. The molecule has 0 saturated heterocycles. The Morgan fingerprint density at radius 1 is 1.25 bits per heavy atom. The van der Waals surface area contributed by atoms with Crippen LogP contribution < -0.4 is 10.6 Å². The Kier molecular flexibility index (Phi) is 7.69. The minimum atomic E-state index is -0.0715. The normalized spacial score (nSPS) is 10.6. The molecule has 0 atom stereocenters. The average Bonchev–Trinajstić information content (AvgIpc) is 2.43. The minimum Gasteiger partial charge on any atom is -0.385 e. The van der Waals surface area contributed by atoms with Gasteiger partial charge in [0.1, 0.15) is 0 Å². The van der Waals surface area contributed by atoms with Crippen LogP contribution in [0.15, 0.2) is 24.3 Å². The predicted molar refractivity (Wildman–Crippen MR) is 82.3 cm³/mol. The summed E-state index contributed by atoms with van der Waals surface area (Å²) in [6, 6.07) is 7.51. The Balaban J connectivity index is 2.32. The molecule has 0 unspecified atom stereocenters. The van der Waals surface area contributed by atoms with Gasteiger partial charge in [0, 0.05) is 25.3 Å². The molecule has 0 spiro atoms. The van der Waals surface area contributed by atoms with Gasteiger partial charge in [-0.25, -0.2) is 0 Å². The fourth-order valence-corrected chi connectivity index (χ4v) is 1.71. The van der Waals surface area contributed by atoms with Gasteiger partial charge in [-0.3, -0.25) is 4.79 Å². The second kappa shape index (κ2) is 9.34. The van der Waals surface area contributed by atoms with Gasteiger partial charge < -0.3 is 20.3 Å². The summed E-state index contributed by atoms with van der Waals surface area (Å²) in [6.07, 6.45) is 0. The highest BCUT2D eigenvalue weighted by Crippen LogP contribution is 2.14. The molecule has 0 saturated carbocycles. The van der Waals surface area contributed by atoms with E-state index in [4.69, 9.17) is 4.74 Å². The molecular weight excluding hydrogens is 254 g/mol. The first-order valence-corrected chi connectivity index (χ1v) is 6.98. The lowest BCUT2D eigenvalue weighted by Crippen LogP contribution is -2.29. The summed E-state index contributed by atoms with van der Waals surface area (Å²) in [5, 5.41) is 6.05. The van der Waals surface area contributed by atoms with Gasteiger partial charge >= 0.3 is 0 Å². The monoisotopic (exact) mass is 279 g/mol. The lowest BCUT2D eigenvalue weighted by Gasteiger charge is -2.12. The molecule has 0 aliphatic rings. The second-order valence-electron chi connectivity index (χ2n) is 4.75.